The van der Waals surface area contributed by atoms with E-state index in [4.69, 9.17) is 0 Å². The predicted molar refractivity (Wildman–Crippen MR) is 79.6 cm³/mol. The summed E-state index contributed by atoms with van der Waals surface area (Å²) in [5.74, 6) is 1.15. The molecule has 1 saturated carbocycles. The highest BCUT2D eigenvalue weighted by Crippen LogP contribution is 2.25. The third-order valence-corrected chi connectivity index (χ3v) is 4.59. The molecule has 0 atom stereocenters. The molecular formula is C16H25N3. The molecule has 1 aliphatic carbocycles. The molecule has 0 aromatic carbocycles. The van der Waals surface area contributed by atoms with E-state index in [-0.39, 0.29) is 0 Å². The molecule has 0 amide bonds. The quantitative estimate of drug-likeness (QED) is 0.814. The van der Waals surface area contributed by atoms with Crippen molar-refractivity contribution in [3.05, 3.63) is 23.9 Å². The van der Waals surface area contributed by atoms with Crippen LogP contribution in [-0.2, 0) is 0 Å². The predicted octanol–water partition coefficient (Wildman–Crippen LogP) is 2.84. The lowest BCUT2D eigenvalue weighted by atomic mass is 10.2. The molecule has 2 fully saturated rings. The molecule has 1 aromatic heterocycles. The average Bonchev–Trinajstić information content (AvgIpc) is 2.85. The first-order valence-corrected chi connectivity index (χ1v) is 7.74. The Morgan fingerprint density at radius 3 is 2.58 bits per heavy atom. The summed E-state index contributed by atoms with van der Waals surface area (Å²) in [5.41, 5.74) is 1.24. The fraction of sp³-hybridized carbons (Fsp3) is 0.688. The van der Waals surface area contributed by atoms with Crippen LogP contribution in [-0.4, -0.2) is 42.1 Å². The minimum Gasteiger partial charge on any atom is -0.355 e. The summed E-state index contributed by atoms with van der Waals surface area (Å²) in [4.78, 5) is 9.75. The van der Waals surface area contributed by atoms with Gasteiger partial charge in [0.25, 0.3) is 0 Å². The number of hydrogen-bond acceptors (Lipinski definition) is 3. The molecule has 2 aliphatic rings. The Balaban J connectivity index is 1.62. The van der Waals surface area contributed by atoms with Crippen LogP contribution in [0.1, 0.15) is 37.7 Å². The van der Waals surface area contributed by atoms with E-state index < -0.39 is 0 Å². The van der Waals surface area contributed by atoms with Crippen LogP contribution in [0.5, 0.6) is 0 Å². The summed E-state index contributed by atoms with van der Waals surface area (Å²) in [6.07, 6.45) is 8.96. The van der Waals surface area contributed by atoms with Crippen LogP contribution in [0.4, 0.5) is 5.82 Å². The van der Waals surface area contributed by atoms with Gasteiger partial charge in [0.15, 0.2) is 0 Å². The van der Waals surface area contributed by atoms with Gasteiger partial charge < -0.3 is 4.90 Å². The molecule has 0 bridgehead atoms. The van der Waals surface area contributed by atoms with Crippen molar-refractivity contribution in [1.82, 2.24) is 9.88 Å². The minimum absolute atomic E-state index is 0.867. The number of pyridine rings is 1. The number of aryl methyl sites for hydroxylation is 1. The van der Waals surface area contributed by atoms with Gasteiger partial charge in [0, 0.05) is 38.4 Å². The molecular weight excluding hydrogens is 234 g/mol. The molecule has 3 nitrogen and oxygen atoms in total. The van der Waals surface area contributed by atoms with Crippen molar-refractivity contribution in [2.24, 2.45) is 0 Å². The van der Waals surface area contributed by atoms with Crippen LogP contribution in [0.2, 0.25) is 0 Å². The van der Waals surface area contributed by atoms with Crippen molar-refractivity contribution in [3.63, 3.8) is 0 Å². The molecule has 3 heteroatoms. The maximum absolute atomic E-state index is 4.57. The van der Waals surface area contributed by atoms with E-state index in [2.05, 4.69) is 33.8 Å². The Hall–Kier alpha value is -1.09. The third kappa shape index (κ3) is 3.08. The second-order valence-corrected chi connectivity index (χ2v) is 6.01. The minimum atomic E-state index is 0.867. The van der Waals surface area contributed by atoms with Gasteiger partial charge in [-0.1, -0.05) is 18.9 Å². The molecule has 19 heavy (non-hydrogen) atoms. The van der Waals surface area contributed by atoms with Crippen LogP contribution in [0, 0.1) is 6.92 Å². The van der Waals surface area contributed by atoms with Crippen molar-refractivity contribution in [2.75, 3.05) is 31.1 Å². The summed E-state index contributed by atoms with van der Waals surface area (Å²) in [5, 5.41) is 0. The summed E-state index contributed by atoms with van der Waals surface area (Å²) >= 11 is 0. The summed E-state index contributed by atoms with van der Waals surface area (Å²) < 4.78 is 0. The van der Waals surface area contributed by atoms with Crippen LogP contribution < -0.4 is 4.90 Å². The van der Waals surface area contributed by atoms with Gasteiger partial charge >= 0.3 is 0 Å². The van der Waals surface area contributed by atoms with E-state index in [1.54, 1.807) is 0 Å². The fourth-order valence-corrected chi connectivity index (χ4v) is 3.45. The number of aromatic nitrogens is 1. The number of hydrogen-bond donors (Lipinski definition) is 0. The van der Waals surface area contributed by atoms with E-state index in [9.17, 15) is 0 Å². The fourth-order valence-electron chi connectivity index (χ4n) is 3.45. The molecule has 0 spiro atoms. The first-order valence-electron chi connectivity index (χ1n) is 7.74. The van der Waals surface area contributed by atoms with Crippen LogP contribution >= 0.6 is 0 Å². The van der Waals surface area contributed by atoms with Gasteiger partial charge in [-0.05, 0) is 37.8 Å². The monoisotopic (exact) mass is 259 g/mol. The third-order valence-electron chi connectivity index (χ3n) is 4.59. The Morgan fingerprint density at radius 1 is 1.00 bits per heavy atom. The van der Waals surface area contributed by atoms with Gasteiger partial charge in [-0.3, -0.25) is 4.90 Å². The van der Waals surface area contributed by atoms with E-state index >= 15 is 0 Å². The Morgan fingerprint density at radius 2 is 1.84 bits per heavy atom. The standard InChI is InChI=1S/C16H25N3/c1-14-7-8-16(17-13-14)19-10-4-9-18(11-12-19)15-5-2-3-6-15/h7-8,13,15H,2-6,9-12H2,1H3. The van der Waals surface area contributed by atoms with E-state index in [0.717, 1.165) is 24.9 Å². The zero-order chi connectivity index (χ0) is 13.1. The van der Waals surface area contributed by atoms with Gasteiger partial charge in [-0.15, -0.1) is 0 Å². The molecule has 1 saturated heterocycles. The Labute approximate surface area is 116 Å². The Kier molecular flexibility index (Phi) is 4.02. The van der Waals surface area contributed by atoms with Crippen molar-refractivity contribution >= 4 is 5.82 Å². The first kappa shape index (κ1) is 12.9. The van der Waals surface area contributed by atoms with Crippen molar-refractivity contribution in [1.29, 1.82) is 0 Å². The lowest BCUT2D eigenvalue weighted by Crippen LogP contribution is -2.37. The highest BCUT2D eigenvalue weighted by Gasteiger charge is 2.24. The molecule has 0 unspecified atom stereocenters. The van der Waals surface area contributed by atoms with Crippen molar-refractivity contribution < 1.29 is 0 Å². The van der Waals surface area contributed by atoms with Crippen LogP contribution in [0.3, 0.4) is 0 Å². The molecule has 3 rings (SSSR count). The second-order valence-electron chi connectivity index (χ2n) is 6.01. The molecule has 0 radical (unpaired) electrons. The van der Waals surface area contributed by atoms with Crippen molar-refractivity contribution in [2.45, 2.75) is 45.1 Å². The SMILES string of the molecule is Cc1ccc(N2CCCN(C3CCCC3)CC2)nc1. The van der Waals surface area contributed by atoms with Crippen molar-refractivity contribution in [3.8, 4) is 0 Å². The summed E-state index contributed by atoms with van der Waals surface area (Å²) in [6.45, 7) is 6.86. The smallest absolute Gasteiger partial charge is 0.128 e. The van der Waals surface area contributed by atoms with Gasteiger partial charge in [-0.25, -0.2) is 4.98 Å². The number of nitrogens with zero attached hydrogens (tertiary/aromatic N) is 3. The number of rotatable bonds is 2. The van der Waals surface area contributed by atoms with Gasteiger partial charge in [0.2, 0.25) is 0 Å². The zero-order valence-corrected chi connectivity index (χ0v) is 12.0. The van der Waals surface area contributed by atoms with Crippen LogP contribution in [0.25, 0.3) is 0 Å². The van der Waals surface area contributed by atoms with E-state index in [1.165, 1.54) is 50.8 Å². The molecule has 0 N–H and O–H groups in total. The highest BCUT2D eigenvalue weighted by atomic mass is 15.3. The van der Waals surface area contributed by atoms with Gasteiger partial charge in [-0.2, -0.15) is 0 Å². The largest absolute Gasteiger partial charge is 0.355 e. The maximum Gasteiger partial charge on any atom is 0.128 e. The van der Waals surface area contributed by atoms with E-state index in [1.807, 2.05) is 6.20 Å². The molecule has 1 aromatic rings. The second kappa shape index (κ2) is 5.91. The van der Waals surface area contributed by atoms with Gasteiger partial charge in [0.05, 0.1) is 0 Å². The summed E-state index contributed by atoms with van der Waals surface area (Å²) in [7, 11) is 0. The van der Waals surface area contributed by atoms with E-state index in [0.29, 0.717) is 0 Å². The lowest BCUT2D eigenvalue weighted by molar-refractivity contribution is 0.213. The normalized spacial score (nSPS) is 22.7. The van der Waals surface area contributed by atoms with Crippen LogP contribution in [0.15, 0.2) is 18.3 Å². The zero-order valence-electron chi connectivity index (χ0n) is 12.0. The number of anilines is 1. The van der Waals surface area contributed by atoms with Gasteiger partial charge in [0.1, 0.15) is 5.82 Å². The average molecular weight is 259 g/mol. The highest BCUT2D eigenvalue weighted by molar-refractivity contribution is 5.39. The maximum atomic E-state index is 4.57. The first-order chi connectivity index (χ1) is 9.33. The Bertz CT molecular complexity index is 395. The topological polar surface area (TPSA) is 19.4 Å². The molecule has 2 heterocycles. The lowest BCUT2D eigenvalue weighted by Gasteiger charge is -2.27. The molecule has 104 valence electrons. The summed E-state index contributed by atoms with van der Waals surface area (Å²) in [6, 6.07) is 5.20. The molecule has 1 aliphatic heterocycles.